The van der Waals surface area contributed by atoms with E-state index >= 15 is 0 Å². The molecule has 0 saturated heterocycles. The molecule has 0 radical (unpaired) electrons. The fourth-order valence-electron chi connectivity index (χ4n) is 1.65. The zero-order valence-corrected chi connectivity index (χ0v) is 11.5. The highest BCUT2D eigenvalue weighted by Gasteiger charge is 2.17. The molecule has 0 unspecified atom stereocenters. The number of hydrogen-bond acceptors (Lipinski definition) is 5. The number of aromatic hydroxyl groups is 1. The number of nitrogens with one attached hydrogen (secondary N) is 1. The molecule has 6 nitrogen and oxygen atoms in total. The Balaban J connectivity index is 2.40. The molecule has 4 N–H and O–H groups in total. The first-order chi connectivity index (χ1) is 9.44. The van der Waals surface area contributed by atoms with Gasteiger partial charge in [-0.25, -0.2) is 8.42 Å². The maximum absolute atomic E-state index is 12.1. The molecule has 0 heterocycles. The number of sulfonamides is 1. The molecule has 0 aliphatic heterocycles. The second-order valence-corrected chi connectivity index (χ2v) is 5.71. The number of anilines is 2. The lowest BCUT2D eigenvalue weighted by molar-refractivity contribution is 0.415. The first kappa shape index (κ1) is 14.0. The van der Waals surface area contributed by atoms with Crippen molar-refractivity contribution >= 4 is 21.4 Å². The van der Waals surface area contributed by atoms with E-state index < -0.39 is 10.0 Å². The molecule has 0 aromatic heterocycles. The number of methoxy groups -OCH3 is 1. The molecule has 2 aromatic carbocycles. The number of phenolic OH excluding ortho intramolecular Hbond substituents is 1. The summed E-state index contributed by atoms with van der Waals surface area (Å²) >= 11 is 0. The third kappa shape index (κ3) is 2.77. The summed E-state index contributed by atoms with van der Waals surface area (Å²) in [5.74, 6) is -0.00336. The molecule has 0 amide bonds. The summed E-state index contributed by atoms with van der Waals surface area (Å²) in [5.41, 5.74) is 5.83. The summed E-state index contributed by atoms with van der Waals surface area (Å²) in [4.78, 5) is 0.0928. The van der Waals surface area contributed by atoms with Crippen molar-refractivity contribution in [2.45, 2.75) is 4.90 Å². The lowest BCUT2D eigenvalue weighted by atomic mass is 10.2. The topological polar surface area (TPSA) is 102 Å². The number of rotatable bonds is 4. The zero-order valence-electron chi connectivity index (χ0n) is 10.7. The lowest BCUT2D eigenvalue weighted by Gasteiger charge is -2.12. The van der Waals surface area contributed by atoms with E-state index in [1.807, 2.05) is 0 Å². The van der Waals surface area contributed by atoms with Crippen molar-refractivity contribution < 1.29 is 18.3 Å². The lowest BCUT2D eigenvalue weighted by Crippen LogP contribution is -2.13. The van der Waals surface area contributed by atoms with Crippen LogP contribution in [0.1, 0.15) is 0 Å². The second-order valence-electron chi connectivity index (χ2n) is 4.03. The number of nitrogen functional groups attached to an aromatic ring is 1. The highest BCUT2D eigenvalue weighted by molar-refractivity contribution is 7.92. The van der Waals surface area contributed by atoms with Gasteiger partial charge in [0.2, 0.25) is 0 Å². The van der Waals surface area contributed by atoms with Crippen LogP contribution in [0.2, 0.25) is 0 Å². The van der Waals surface area contributed by atoms with Crippen molar-refractivity contribution in [3.8, 4) is 11.5 Å². The molecule has 2 rings (SSSR count). The van der Waals surface area contributed by atoms with E-state index in [1.165, 1.54) is 31.4 Å². The Hall–Kier alpha value is -2.41. The summed E-state index contributed by atoms with van der Waals surface area (Å²) in [6, 6.07) is 10.4. The van der Waals surface area contributed by atoms with Crippen LogP contribution in [0, 0.1) is 0 Å². The smallest absolute Gasteiger partial charge is 0.262 e. The third-order valence-corrected chi connectivity index (χ3v) is 4.03. The summed E-state index contributed by atoms with van der Waals surface area (Å²) in [5, 5.41) is 9.76. The standard InChI is InChI=1S/C13H14N2O4S/c1-19-13-8-11(12(16)7-10(13)14)15-20(17,18)9-5-3-2-4-6-9/h2-8,15-16H,14H2,1H3. The van der Waals surface area contributed by atoms with Crippen molar-refractivity contribution in [2.24, 2.45) is 0 Å². The van der Waals surface area contributed by atoms with Crippen LogP contribution in [0.25, 0.3) is 0 Å². The molecule has 106 valence electrons. The highest BCUT2D eigenvalue weighted by Crippen LogP contribution is 2.34. The molecule has 0 aliphatic carbocycles. The van der Waals surface area contributed by atoms with Crippen LogP contribution < -0.4 is 15.2 Å². The Bertz CT molecular complexity index is 715. The van der Waals surface area contributed by atoms with E-state index in [1.54, 1.807) is 18.2 Å². The monoisotopic (exact) mass is 294 g/mol. The molecule has 20 heavy (non-hydrogen) atoms. The zero-order chi connectivity index (χ0) is 14.8. The molecule has 7 heteroatoms. The van der Waals surface area contributed by atoms with E-state index in [0.717, 1.165) is 0 Å². The number of benzene rings is 2. The van der Waals surface area contributed by atoms with Gasteiger partial charge in [0.15, 0.2) is 0 Å². The largest absolute Gasteiger partial charge is 0.506 e. The van der Waals surface area contributed by atoms with Gasteiger partial charge < -0.3 is 15.6 Å². The fraction of sp³-hybridized carbons (Fsp3) is 0.0769. The fourth-order valence-corrected chi connectivity index (χ4v) is 2.73. The molecular weight excluding hydrogens is 280 g/mol. The molecule has 0 atom stereocenters. The van der Waals surface area contributed by atoms with Crippen molar-refractivity contribution in [3.05, 3.63) is 42.5 Å². The van der Waals surface area contributed by atoms with Gasteiger partial charge in [-0.3, -0.25) is 4.72 Å². The van der Waals surface area contributed by atoms with Crippen LogP contribution in [0.3, 0.4) is 0 Å². The van der Waals surface area contributed by atoms with Crippen LogP contribution in [-0.4, -0.2) is 20.6 Å². The first-order valence-electron chi connectivity index (χ1n) is 5.68. The predicted molar refractivity (Wildman–Crippen MR) is 76.3 cm³/mol. The van der Waals surface area contributed by atoms with E-state index in [0.29, 0.717) is 0 Å². The van der Waals surface area contributed by atoms with E-state index in [4.69, 9.17) is 10.5 Å². The SMILES string of the molecule is COc1cc(NS(=O)(=O)c2ccccc2)c(O)cc1N. The number of phenols is 1. The van der Waals surface area contributed by atoms with Gasteiger partial charge in [-0.1, -0.05) is 18.2 Å². The van der Waals surface area contributed by atoms with Crippen LogP contribution >= 0.6 is 0 Å². The summed E-state index contributed by atoms with van der Waals surface area (Å²) < 4.78 is 31.6. The quantitative estimate of drug-likeness (QED) is 0.589. The van der Waals surface area contributed by atoms with Gasteiger partial charge in [-0.05, 0) is 12.1 Å². The molecule has 2 aromatic rings. The average Bonchev–Trinajstić information content (AvgIpc) is 2.43. The van der Waals surface area contributed by atoms with Gasteiger partial charge in [0.25, 0.3) is 10.0 Å². The second kappa shape index (κ2) is 5.30. The Morgan fingerprint density at radius 1 is 1.20 bits per heavy atom. The number of ether oxygens (including phenoxy) is 1. The van der Waals surface area contributed by atoms with E-state index in [-0.39, 0.29) is 27.8 Å². The number of hydrogen-bond donors (Lipinski definition) is 3. The van der Waals surface area contributed by atoms with Gasteiger partial charge in [0, 0.05) is 12.1 Å². The first-order valence-corrected chi connectivity index (χ1v) is 7.16. The molecule has 0 spiro atoms. The Kier molecular flexibility index (Phi) is 3.71. The minimum atomic E-state index is -3.78. The third-order valence-electron chi connectivity index (χ3n) is 2.65. The average molecular weight is 294 g/mol. The van der Waals surface area contributed by atoms with Crippen LogP contribution in [0.15, 0.2) is 47.4 Å². The molecule has 0 fully saturated rings. The normalized spacial score (nSPS) is 11.1. The van der Waals surface area contributed by atoms with Crippen LogP contribution in [0.5, 0.6) is 11.5 Å². The Labute approximate surface area is 116 Å². The van der Waals surface area contributed by atoms with E-state index in [9.17, 15) is 13.5 Å². The van der Waals surface area contributed by atoms with Crippen molar-refractivity contribution in [3.63, 3.8) is 0 Å². The summed E-state index contributed by atoms with van der Waals surface area (Å²) in [6.07, 6.45) is 0. The van der Waals surface area contributed by atoms with Crippen molar-refractivity contribution in [2.75, 3.05) is 17.6 Å². The molecule has 0 aliphatic rings. The van der Waals surface area contributed by atoms with Gasteiger partial charge in [-0.2, -0.15) is 0 Å². The summed E-state index contributed by atoms with van der Waals surface area (Å²) in [6.45, 7) is 0. The number of nitrogens with two attached hydrogens (primary N) is 1. The minimum Gasteiger partial charge on any atom is -0.506 e. The van der Waals surface area contributed by atoms with E-state index in [2.05, 4.69) is 4.72 Å². The van der Waals surface area contributed by atoms with Crippen molar-refractivity contribution in [1.82, 2.24) is 0 Å². The predicted octanol–water partition coefficient (Wildman–Crippen LogP) is 1.78. The maximum atomic E-state index is 12.1. The van der Waals surface area contributed by atoms with Crippen LogP contribution in [0.4, 0.5) is 11.4 Å². The Morgan fingerprint density at radius 2 is 1.85 bits per heavy atom. The van der Waals surface area contributed by atoms with Gasteiger partial charge in [0.1, 0.15) is 11.5 Å². The minimum absolute atomic E-state index is 0.0000898. The van der Waals surface area contributed by atoms with Gasteiger partial charge in [0.05, 0.1) is 23.4 Å². The Morgan fingerprint density at radius 3 is 2.45 bits per heavy atom. The van der Waals surface area contributed by atoms with Gasteiger partial charge >= 0.3 is 0 Å². The maximum Gasteiger partial charge on any atom is 0.262 e. The molecule has 0 bridgehead atoms. The van der Waals surface area contributed by atoms with Gasteiger partial charge in [-0.15, -0.1) is 0 Å². The highest BCUT2D eigenvalue weighted by atomic mass is 32.2. The molecule has 0 saturated carbocycles. The molecular formula is C13H14N2O4S. The van der Waals surface area contributed by atoms with Crippen molar-refractivity contribution in [1.29, 1.82) is 0 Å². The van der Waals surface area contributed by atoms with Crippen LogP contribution in [-0.2, 0) is 10.0 Å². The summed E-state index contributed by atoms with van der Waals surface area (Å²) in [7, 11) is -2.38.